The average molecular weight is 348 g/mol. The molecule has 2 saturated heterocycles. The second-order valence-electron chi connectivity index (χ2n) is 5.90. The molecule has 0 unspecified atom stereocenters. The Morgan fingerprint density at radius 3 is 2.35 bits per heavy atom. The molecule has 23 heavy (non-hydrogen) atoms. The number of rotatable bonds is 3. The van der Waals surface area contributed by atoms with Gasteiger partial charge in [0.25, 0.3) is 0 Å². The minimum absolute atomic E-state index is 0.0154. The largest absolute Gasteiger partial charge is 0.404 e. The van der Waals surface area contributed by atoms with Crippen LogP contribution < -0.4 is 5.32 Å². The van der Waals surface area contributed by atoms with Gasteiger partial charge in [-0.15, -0.1) is 0 Å². The summed E-state index contributed by atoms with van der Waals surface area (Å²) in [5, 5.41) is 2.36. The fourth-order valence-corrected chi connectivity index (χ4v) is 2.93. The standard InChI is InChI=1S/C13H18F6N2O2/c14-12(15,16)11(13(17,18)19)4-6-21(8-11)10(22)20-5-3-9-2-1-7-23-9/h9H,1-8H2,(H,20,22)/t9-/m1/s1. The Labute approximate surface area is 129 Å². The predicted octanol–water partition coefficient (Wildman–Crippen LogP) is 3.08. The van der Waals surface area contributed by atoms with E-state index in [1.165, 1.54) is 0 Å². The molecule has 4 nitrogen and oxygen atoms in total. The number of carbonyl (C=O) groups is 1. The topological polar surface area (TPSA) is 41.6 Å². The highest BCUT2D eigenvalue weighted by Crippen LogP contribution is 2.55. The molecule has 0 saturated carbocycles. The van der Waals surface area contributed by atoms with Crippen molar-refractivity contribution in [3.8, 4) is 0 Å². The van der Waals surface area contributed by atoms with Crippen molar-refractivity contribution in [2.24, 2.45) is 5.41 Å². The summed E-state index contributed by atoms with van der Waals surface area (Å²) in [6.45, 7) is -1.19. The zero-order valence-corrected chi connectivity index (χ0v) is 12.3. The van der Waals surface area contributed by atoms with E-state index in [0.717, 1.165) is 12.8 Å². The van der Waals surface area contributed by atoms with Crippen LogP contribution in [0.4, 0.5) is 31.1 Å². The summed E-state index contributed by atoms with van der Waals surface area (Å²) >= 11 is 0. The van der Waals surface area contributed by atoms with Crippen molar-refractivity contribution in [1.82, 2.24) is 10.2 Å². The molecule has 0 spiro atoms. The fourth-order valence-electron chi connectivity index (χ4n) is 2.93. The minimum atomic E-state index is -5.45. The molecule has 2 aliphatic heterocycles. The van der Waals surface area contributed by atoms with E-state index in [1.54, 1.807) is 0 Å². The zero-order valence-electron chi connectivity index (χ0n) is 12.3. The van der Waals surface area contributed by atoms with Gasteiger partial charge in [0.2, 0.25) is 0 Å². The van der Waals surface area contributed by atoms with E-state index in [1.807, 2.05) is 0 Å². The van der Waals surface area contributed by atoms with Gasteiger partial charge in [-0.05, 0) is 25.7 Å². The molecular formula is C13H18F6N2O2. The molecule has 134 valence electrons. The van der Waals surface area contributed by atoms with E-state index >= 15 is 0 Å². The Hall–Kier alpha value is -1.19. The SMILES string of the molecule is O=C(NCC[C@H]1CCCO1)N1CCC(C(F)(F)F)(C(F)(F)F)C1. The van der Waals surface area contributed by atoms with Crippen LogP contribution in [0.3, 0.4) is 0 Å². The first-order valence-corrected chi connectivity index (χ1v) is 7.35. The highest BCUT2D eigenvalue weighted by atomic mass is 19.4. The van der Waals surface area contributed by atoms with Gasteiger partial charge in [0.15, 0.2) is 5.41 Å². The number of halogens is 6. The van der Waals surface area contributed by atoms with E-state index in [2.05, 4.69) is 5.32 Å². The fraction of sp³-hybridized carbons (Fsp3) is 0.923. The smallest absolute Gasteiger partial charge is 0.378 e. The number of likely N-dealkylation sites (tertiary alicyclic amines) is 1. The lowest BCUT2D eigenvalue weighted by molar-refractivity contribution is -0.334. The van der Waals surface area contributed by atoms with Gasteiger partial charge in [0.1, 0.15) is 0 Å². The molecule has 2 heterocycles. The minimum Gasteiger partial charge on any atom is -0.378 e. The quantitative estimate of drug-likeness (QED) is 0.797. The van der Waals surface area contributed by atoms with Crippen LogP contribution >= 0.6 is 0 Å². The third kappa shape index (κ3) is 3.67. The monoisotopic (exact) mass is 348 g/mol. The van der Waals surface area contributed by atoms with Crippen LogP contribution in [-0.2, 0) is 4.74 Å². The summed E-state index contributed by atoms with van der Waals surface area (Å²) in [7, 11) is 0. The second-order valence-corrected chi connectivity index (χ2v) is 5.90. The van der Waals surface area contributed by atoms with E-state index in [0.29, 0.717) is 17.9 Å². The molecule has 0 radical (unpaired) electrons. The van der Waals surface area contributed by atoms with Crippen LogP contribution in [0.15, 0.2) is 0 Å². The summed E-state index contributed by atoms with van der Waals surface area (Å²) in [4.78, 5) is 12.4. The summed E-state index contributed by atoms with van der Waals surface area (Å²) in [5.74, 6) is 0. The van der Waals surface area contributed by atoms with E-state index in [9.17, 15) is 31.1 Å². The Bertz CT molecular complexity index is 417. The number of ether oxygens (including phenoxy) is 1. The van der Waals surface area contributed by atoms with E-state index in [4.69, 9.17) is 4.74 Å². The van der Waals surface area contributed by atoms with Crippen LogP contribution in [0, 0.1) is 5.41 Å². The summed E-state index contributed by atoms with van der Waals surface area (Å²) < 4.78 is 82.8. The number of hydrogen-bond acceptors (Lipinski definition) is 2. The Morgan fingerprint density at radius 2 is 1.87 bits per heavy atom. The summed E-state index contributed by atoms with van der Waals surface area (Å²) in [6.07, 6.45) is -9.84. The van der Waals surface area contributed by atoms with E-state index in [-0.39, 0.29) is 12.6 Å². The van der Waals surface area contributed by atoms with Crippen molar-refractivity contribution >= 4 is 6.03 Å². The molecule has 0 bridgehead atoms. The highest BCUT2D eigenvalue weighted by Gasteiger charge is 2.72. The van der Waals surface area contributed by atoms with Crippen LogP contribution in [0.1, 0.15) is 25.7 Å². The van der Waals surface area contributed by atoms with Gasteiger partial charge in [-0.2, -0.15) is 26.3 Å². The molecule has 1 atom stereocenters. The third-order valence-electron chi connectivity index (χ3n) is 4.41. The molecule has 2 aliphatic rings. The number of carbonyl (C=O) groups excluding carboxylic acids is 1. The van der Waals surface area contributed by atoms with Gasteiger partial charge >= 0.3 is 18.4 Å². The van der Waals surface area contributed by atoms with Crippen LogP contribution in [-0.4, -0.2) is 55.6 Å². The zero-order chi connectivity index (χ0) is 17.3. The highest BCUT2D eigenvalue weighted by molar-refractivity contribution is 5.74. The first-order valence-electron chi connectivity index (χ1n) is 7.35. The molecule has 0 aromatic heterocycles. The van der Waals surface area contributed by atoms with Crippen LogP contribution in [0.25, 0.3) is 0 Å². The van der Waals surface area contributed by atoms with Crippen molar-refractivity contribution in [2.45, 2.75) is 44.1 Å². The first kappa shape index (κ1) is 18.2. The van der Waals surface area contributed by atoms with Crippen LogP contribution in [0.5, 0.6) is 0 Å². The average Bonchev–Trinajstić information content (AvgIpc) is 3.06. The Kier molecular flexibility index (Phi) is 5.03. The third-order valence-corrected chi connectivity index (χ3v) is 4.41. The molecule has 2 rings (SSSR count). The number of hydrogen-bond donors (Lipinski definition) is 1. The molecule has 1 N–H and O–H groups in total. The molecule has 0 aromatic rings. The van der Waals surface area contributed by atoms with Gasteiger partial charge < -0.3 is 15.0 Å². The van der Waals surface area contributed by atoms with Crippen LogP contribution in [0.2, 0.25) is 0 Å². The maximum absolute atomic E-state index is 12.9. The normalized spacial score (nSPS) is 25.0. The van der Waals surface area contributed by atoms with Crippen molar-refractivity contribution in [1.29, 1.82) is 0 Å². The lowest BCUT2D eigenvalue weighted by Crippen LogP contribution is -2.53. The van der Waals surface area contributed by atoms with Gasteiger partial charge in [0, 0.05) is 26.2 Å². The summed E-state index contributed by atoms with van der Waals surface area (Å²) in [5.41, 5.74) is -3.84. The lowest BCUT2D eigenvalue weighted by Gasteiger charge is -2.33. The van der Waals surface area contributed by atoms with Crippen molar-refractivity contribution in [2.75, 3.05) is 26.2 Å². The maximum atomic E-state index is 12.9. The molecule has 0 aromatic carbocycles. The maximum Gasteiger partial charge on any atom is 0.404 e. The lowest BCUT2D eigenvalue weighted by atomic mass is 9.85. The number of nitrogens with one attached hydrogen (secondary N) is 1. The summed E-state index contributed by atoms with van der Waals surface area (Å²) in [6, 6.07) is -0.904. The molecule has 2 amide bonds. The van der Waals surface area contributed by atoms with Gasteiger partial charge in [-0.1, -0.05) is 0 Å². The first-order chi connectivity index (χ1) is 10.6. The predicted molar refractivity (Wildman–Crippen MR) is 67.7 cm³/mol. The second kappa shape index (κ2) is 6.37. The van der Waals surface area contributed by atoms with E-state index < -0.39 is 43.3 Å². The Balaban J connectivity index is 1.90. The van der Waals surface area contributed by atoms with Crippen molar-refractivity contribution in [3.63, 3.8) is 0 Å². The number of amides is 2. The number of urea groups is 1. The van der Waals surface area contributed by atoms with Gasteiger partial charge in [0.05, 0.1) is 6.10 Å². The molecule has 10 heteroatoms. The van der Waals surface area contributed by atoms with Crippen molar-refractivity contribution < 1.29 is 35.9 Å². The molecule has 2 fully saturated rings. The van der Waals surface area contributed by atoms with Gasteiger partial charge in [-0.25, -0.2) is 4.79 Å². The van der Waals surface area contributed by atoms with Crippen molar-refractivity contribution in [3.05, 3.63) is 0 Å². The Morgan fingerprint density at radius 1 is 1.22 bits per heavy atom. The van der Waals surface area contributed by atoms with Gasteiger partial charge in [-0.3, -0.25) is 0 Å². The molecule has 0 aliphatic carbocycles. The molecular weight excluding hydrogens is 330 g/mol. The number of alkyl halides is 6. The number of nitrogens with zero attached hydrogens (tertiary/aromatic N) is 1.